The second-order valence-electron chi connectivity index (χ2n) is 2.51. The zero-order chi connectivity index (χ0) is 10.7. The summed E-state index contributed by atoms with van der Waals surface area (Å²) in [6.07, 6.45) is 0. The van der Waals surface area contributed by atoms with Gasteiger partial charge in [-0.2, -0.15) is 0 Å². The molecular weight excluding hydrogens is 268 g/mol. The lowest BCUT2D eigenvalue weighted by molar-refractivity contribution is -0.137. The zero-order valence-corrected chi connectivity index (χ0v) is 11.2. The first kappa shape index (κ1) is 11.6. The fourth-order valence-corrected chi connectivity index (χ4v) is 5.27. The Morgan fingerprint density at radius 3 is 2.67 bits per heavy atom. The summed E-state index contributed by atoms with van der Waals surface area (Å²) in [5.41, 5.74) is 0. The maximum absolute atomic E-state index is 11.4. The minimum Gasteiger partial charge on any atom is -0.462 e. The van der Waals surface area contributed by atoms with Gasteiger partial charge in [0.15, 0.2) is 0 Å². The molecule has 0 atom stereocenters. The molecule has 0 aliphatic carbocycles. The number of rotatable bonds is 2. The summed E-state index contributed by atoms with van der Waals surface area (Å²) in [5.74, 6) is -0.216. The van der Waals surface area contributed by atoms with Crippen molar-refractivity contribution in [3.8, 4) is 0 Å². The number of hydrogen-bond acceptors (Lipinski definition) is 6. The van der Waals surface area contributed by atoms with E-state index in [1.807, 2.05) is 12.3 Å². The van der Waals surface area contributed by atoms with Crippen LogP contribution in [0.1, 0.15) is 6.92 Å². The molecule has 2 rings (SSSR count). The monoisotopic (exact) mass is 276 g/mol. The fraction of sp³-hybridized carbons (Fsp3) is 0.222. The second-order valence-corrected chi connectivity index (χ2v) is 6.79. The summed E-state index contributed by atoms with van der Waals surface area (Å²) in [5, 5.41) is 5.97. The Labute approximate surface area is 105 Å². The van der Waals surface area contributed by atoms with Crippen LogP contribution in [-0.2, 0) is 9.53 Å². The van der Waals surface area contributed by atoms with Crippen molar-refractivity contribution in [2.75, 3.05) is 6.61 Å². The van der Waals surface area contributed by atoms with Gasteiger partial charge >= 0.3 is 5.97 Å². The molecular formula is C9H8O2S4. The molecule has 6 heteroatoms. The third kappa shape index (κ3) is 2.81. The largest absolute Gasteiger partial charge is 0.462 e. The Kier molecular flexibility index (Phi) is 4.19. The molecule has 0 aromatic carbocycles. The van der Waals surface area contributed by atoms with Crippen molar-refractivity contribution in [3.05, 3.63) is 29.6 Å². The van der Waals surface area contributed by atoms with Crippen molar-refractivity contribution in [2.24, 2.45) is 0 Å². The highest BCUT2D eigenvalue weighted by Crippen LogP contribution is 2.53. The number of hydrogen-bond donors (Lipinski definition) is 0. The SMILES string of the molecule is CCOC(=O)C1=CSC(=C2SC=CS2)S1. The number of carbonyl (C=O) groups is 1. The summed E-state index contributed by atoms with van der Waals surface area (Å²) < 4.78 is 7.37. The first-order valence-electron chi connectivity index (χ1n) is 4.25. The van der Waals surface area contributed by atoms with Gasteiger partial charge in [0.1, 0.15) is 4.91 Å². The molecule has 0 N–H and O–H groups in total. The highest BCUT2D eigenvalue weighted by Gasteiger charge is 2.23. The molecule has 0 radical (unpaired) electrons. The predicted octanol–water partition coefficient (Wildman–Crippen LogP) is 3.95. The average molecular weight is 276 g/mol. The lowest BCUT2D eigenvalue weighted by Crippen LogP contribution is -2.03. The highest BCUT2D eigenvalue weighted by atomic mass is 32.2. The second kappa shape index (κ2) is 5.43. The fourth-order valence-electron chi connectivity index (χ4n) is 0.940. The summed E-state index contributed by atoms with van der Waals surface area (Å²) in [6.45, 7) is 2.25. The average Bonchev–Trinajstić information content (AvgIpc) is 2.89. The van der Waals surface area contributed by atoms with Crippen LogP contribution < -0.4 is 0 Å². The molecule has 0 fully saturated rings. The quantitative estimate of drug-likeness (QED) is 0.709. The van der Waals surface area contributed by atoms with E-state index in [2.05, 4.69) is 10.8 Å². The summed E-state index contributed by atoms with van der Waals surface area (Å²) in [6, 6.07) is 0. The van der Waals surface area contributed by atoms with Crippen molar-refractivity contribution < 1.29 is 9.53 Å². The van der Waals surface area contributed by atoms with Gasteiger partial charge in [-0.3, -0.25) is 0 Å². The first-order chi connectivity index (χ1) is 7.31. The van der Waals surface area contributed by atoms with E-state index in [0.29, 0.717) is 11.5 Å². The molecule has 80 valence electrons. The van der Waals surface area contributed by atoms with Crippen LogP contribution in [-0.4, -0.2) is 12.6 Å². The molecule has 0 amide bonds. The lowest BCUT2D eigenvalue weighted by Gasteiger charge is -2.02. The molecule has 2 nitrogen and oxygen atoms in total. The van der Waals surface area contributed by atoms with Crippen LogP contribution in [0.4, 0.5) is 0 Å². The highest BCUT2D eigenvalue weighted by molar-refractivity contribution is 8.33. The van der Waals surface area contributed by atoms with Crippen LogP contribution in [0.3, 0.4) is 0 Å². The smallest absolute Gasteiger partial charge is 0.345 e. The maximum atomic E-state index is 11.4. The number of ether oxygens (including phenoxy) is 1. The van der Waals surface area contributed by atoms with E-state index in [9.17, 15) is 4.79 Å². The van der Waals surface area contributed by atoms with Gasteiger partial charge in [-0.1, -0.05) is 47.0 Å². The molecule has 0 saturated carbocycles. The van der Waals surface area contributed by atoms with Crippen molar-refractivity contribution in [2.45, 2.75) is 6.92 Å². The third-order valence-electron chi connectivity index (χ3n) is 1.52. The first-order valence-corrected chi connectivity index (χ1v) is 7.71. The third-order valence-corrected chi connectivity index (χ3v) is 6.53. The van der Waals surface area contributed by atoms with Gasteiger partial charge in [0, 0.05) is 0 Å². The van der Waals surface area contributed by atoms with E-state index in [0.717, 1.165) is 0 Å². The summed E-state index contributed by atoms with van der Waals surface area (Å²) >= 11 is 6.51. The van der Waals surface area contributed by atoms with Crippen molar-refractivity contribution >= 4 is 53.0 Å². The Bertz CT molecular complexity index is 360. The van der Waals surface area contributed by atoms with Gasteiger partial charge in [0.2, 0.25) is 0 Å². The van der Waals surface area contributed by atoms with Crippen LogP contribution in [0, 0.1) is 0 Å². The van der Waals surface area contributed by atoms with Gasteiger partial charge in [0.05, 0.1) is 15.1 Å². The summed E-state index contributed by atoms with van der Waals surface area (Å²) in [4.78, 5) is 12.1. The Morgan fingerprint density at radius 2 is 2.00 bits per heavy atom. The van der Waals surface area contributed by atoms with E-state index in [4.69, 9.17) is 4.74 Å². The Balaban J connectivity index is 1.99. The van der Waals surface area contributed by atoms with Crippen LogP contribution in [0.5, 0.6) is 0 Å². The molecule has 2 aliphatic heterocycles. The van der Waals surface area contributed by atoms with Crippen LogP contribution >= 0.6 is 47.0 Å². The molecule has 0 spiro atoms. The molecule has 0 saturated heterocycles. The van der Waals surface area contributed by atoms with Gasteiger partial charge < -0.3 is 4.74 Å². The Hall–Kier alpha value is 0.0900. The molecule has 0 bridgehead atoms. The molecule has 0 unspecified atom stereocenters. The number of thioether (sulfide) groups is 4. The van der Waals surface area contributed by atoms with Crippen LogP contribution in [0.25, 0.3) is 0 Å². The minimum absolute atomic E-state index is 0.216. The van der Waals surface area contributed by atoms with Crippen molar-refractivity contribution in [3.63, 3.8) is 0 Å². The lowest BCUT2D eigenvalue weighted by atomic mass is 10.6. The van der Waals surface area contributed by atoms with Gasteiger partial charge in [-0.05, 0) is 23.1 Å². The number of carbonyl (C=O) groups excluding carboxylic acids is 1. The van der Waals surface area contributed by atoms with Crippen molar-refractivity contribution in [1.29, 1.82) is 0 Å². The maximum Gasteiger partial charge on any atom is 0.345 e. The topological polar surface area (TPSA) is 26.3 Å². The summed E-state index contributed by atoms with van der Waals surface area (Å²) in [7, 11) is 0. The Morgan fingerprint density at radius 1 is 1.27 bits per heavy atom. The van der Waals surface area contributed by atoms with Gasteiger partial charge in [-0.25, -0.2) is 4.79 Å². The van der Waals surface area contributed by atoms with E-state index in [1.54, 1.807) is 35.3 Å². The molecule has 0 aromatic rings. The van der Waals surface area contributed by atoms with Gasteiger partial charge in [-0.15, -0.1) is 0 Å². The molecule has 2 aliphatic rings. The number of esters is 1. The van der Waals surface area contributed by atoms with Gasteiger partial charge in [0.25, 0.3) is 0 Å². The van der Waals surface area contributed by atoms with Crippen LogP contribution in [0.2, 0.25) is 0 Å². The normalized spacial score (nSPS) is 19.7. The molecule has 15 heavy (non-hydrogen) atoms. The molecule has 2 heterocycles. The van der Waals surface area contributed by atoms with E-state index < -0.39 is 0 Å². The molecule has 0 aromatic heterocycles. The van der Waals surface area contributed by atoms with Crippen LogP contribution in [0.15, 0.2) is 29.6 Å². The van der Waals surface area contributed by atoms with E-state index >= 15 is 0 Å². The zero-order valence-electron chi connectivity index (χ0n) is 7.89. The van der Waals surface area contributed by atoms with Crippen molar-refractivity contribution in [1.82, 2.24) is 0 Å². The minimum atomic E-state index is -0.216. The predicted molar refractivity (Wildman–Crippen MR) is 71.2 cm³/mol. The van der Waals surface area contributed by atoms with E-state index in [-0.39, 0.29) is 5.97 Å². The van der Waals surface area contributed by atoms with E-state index in [1.165, 1.54) is 20.2 Å². The standard InChI is InChI=1S/C9H8O2S4/c1-2-11-7(10)6-5-14-9(15-6)8-12-3-4-13-8/h3-5H,2H2,1H3.